The van der Waals surface area contributed by atoms with Gasteiger partial charge in [-0.05, 0) is 5.92 Å². The van der Waals surface area contributed by atoms with Crippen LogP contribution >= 0.6 is 0 Å². The molecule has 0 heterocycles. The summed E-state index contributed by atoms with van der Waals surface area (Å²) in [6.07, 6.45) is 0. The van der Waals surface area contributed by atoms with Gasteiger partial charge in [-0.3, -0.25) is 4.79 Å². The summed E-state index contributed by atoms with van der Waals surface area (Å²) >= 11 is 0. The summed E-state index contributed by atoms with van der Waals surface area (Å²) in [7, 11) is -0.443. The van der Waals surface area contributed by atoms with Crippen molar-refractivity contribution in [2.75, 3.05) is 26.4 Å². The third-order valence-corrected chi connectivity index (χ3v) is 4.14. The molecule has 0 aliphatic rings. The Morgan fingerprint density at radius 1 is 1.41 bits per heavy atom. The van der Waals surface area contributed by atoms with Crippen LogP contribution in [0, 0.1) is 23.2 Å². The van der Waals surface area contributed by atoms with Gasteiger partial charge in [-0.2, -0.15) is 5.26 Å². The molecule has 0 aromatic heterocycles. The van der Waals surface area contributed by atoms with E-state index in [1.807, 2.05) is 6.07 Å². The van der Waals surface area contributed by atoms with Gasteiger partial charge >= 0.3 is 0 Å². The lowest BCUT2D eigenvalue weighted by Gasteiger charge is -2.14. The predicted octanol–water partition coefficient (Wildman–Crippen LogP) is -0.210. The number of nitrogens with one attached hydrogen (secondary N) is 1. The number of hydrogen-bond donors (Lipinski definition) is 1. The molecule has 0 saturated carbocycles. The zero-order valence-corrected chi connectivity index (χ0v) is 11.4. The zero-order valence-electron chi connectivity index (χ0n) is 10.6. The Kier molecular flexibility index (Phi) is 6.13. The quantitative estimate of drug-likeness (QED) is 0.716. The van der Waals surface area contributed by atoms with Crippen LogP contribution in [0.5, 0.6) is 0 Å². The fraction of sp³-hybridized carbons (Fsp3) is 0.800. The molecule has 0 rings (SSSR count). The molecule has 1 atom stereocenters. The Hall–Kier alpha value is -1.13. The van der Waals surface area contributed by atoms with Gasteiger partial charge < -0.3 is 5.32 Å². The maximum Gasteiger partial charge on any atom is 0.237 e. The van der Waals surface area contributed by atoms with E-state index in [1.54, 1.807) is 13.8 Å². The number of hydrogen-bond acceptors (Lipinski definition) is 4. The van der Waals surface area contributed by atoms with Gasteiger partial charge in [0.1, 0.15) is 5.92 Å². The van der Waals surface area contributed by atoms with E-state index in [9.17, 15) is 13.2 Å². The number of rotatable bonds is 6. The van der Waals surface area contributed by atoms with E-state index < -0.39 is 21.8 Å². The molecule has 0 aliphatic carbocycles. The van der Waals surface area contributed by atoms with Gasteiger partial charge in [-0.1, -0.05) is 13.8 Å². The third-order valence-electron chi connectivity index (χ3n) is 2.30. The summed E-state index contributed by atoms with van der Waals surface area (Å²) in [5.74, 6) is -1.42. The van der Waals surface area contributed by atoms with E-state index >= 15 is 0 Å². The van der Waals surface area contributed by atoms with Crippen LogP contribution in [0.1, 0.15) is 13.8 Å². The van der Waals surface area contributed by atoms with E-state index in [2.05, 4.69) is 5.32 Å². The van der Waals surface area contributed by atoms with E-state index in [0.717, 1.165) is 4.31 Å². The Balaban J connectivity index is 4.25. The van der Waals surface area contributed by atoms with Crippen LogP contribution in [-0.4, -0.2) is 45.0 Å². The number of nitrogens with zero attached hydrogens (tertiary/aromatic N) is 2. The average Bonchev–Trinajstić information content (AvgIpc) is 2.17. The van der Waals surface area contributed by atoms with E-state index in [0.29, 0.717) is 0 Å². The normalized spacial score (nSPS) is 13.5. The fourth-order valence-electron chi connectivity index (χ4n) is 1.11. The third kappa shape index (κ3) is 5.15. The van der Waals surface area contributed by atoms with E-state index in [1.165, 1.54) is 14.1 Å². The molecule has 0 aromatic carbocycles. The average molecular weight is 261 g/mol. The molecule has 0 radical (unpaired) electrons. The highest BCUT2D eigenvalue weighted by Crippen LogP contribution is 2.09. The van der Waals surface area contributed by atoms with Crippen LogP contribution in [0.3, 0.4) is 0 Å². The molecule has 17 heavy (non-hydrogen) atoms. The second-order valence-corrected chi connectivity index (χ2v) is 6.54. The first-order valence-electron chi connectivity index (χ1n) is 5.30. The summed E-state index contributed by atoms with van der Waals surface area (Å²) in [5.41, 5.74) is 0. The summed E-state index contributed by atoms with van der Waals surface area (Å²) in [6, 6.07) is 1.90. The van der Waals surface area contributed by atoms with Crippen molar-refractivity contribution in [1.29, 1.82) is 5.26 Å². The summed E-state index contributed by atoms with van der Waals surface area (Å²) < 4.78 is 23.9. The molecule has 0 spiro atoms. The highest BCUT2D eigenvalue weighted by atomic mass is 32.2. The number of carbonyl (C=O) groups is 1. The number of nitriles is 1. The van der Waals surface area contributed by atoms with E-state index in [-0.39, 0.29) is 18.2 Å². The SMILES string of the molecule is CC(C)C(C#N)C(=O)NCCS(=O)(=O)N(C)C. The smallest absolute Gasteiger partial charge is 0.237 e. The molecule has 0 saturated heterocycles. The molecule has 0 fully saturated rings. The topological polar surface area (TPSA) is 90.3 Å². The summed E-state index contributed by atoms with van der Waals surface area (Å²) in [6.45, 7) is 3.55. The first-order valence-corrected chi connectivity index (χ1v) is 6.90. The van der Waals surface area contributed by atoms with E-state index in [4.69, 9.17) is 5.26 Å². The molecule has 1 unspecified atom stereocenters. The summed E-state index contributed by atoms with van der Waals surface area (Å²) in [5, 5.41) is 11.2. The van der Waals surface area contributed by atoms with Crippen molar-refractivity contribution in [2.24, 2.45) is 11.8 Å². The molecule has 1 N–H and O–H groups in total. The van der Waals surface area contributed by atoms with Crippen molar-refractivity contribution in [3.05, 3.63) is 0 Å². The Morgan fingerprint density at radius 3 is 2.29 bits per heavy atom. The molecule has 6 nitrogen and oxygen atoms in total. The van der Waals surface area contributed by atoms with Crippen molar-refractivity contribution in [3.63, 3.8) is 0 Å². The standard InChI is InChI=1S/C10H19N3O3S/c1-8(2)9(7-11)10(14)12-5-6-17(15,16)13(3)4/h8-9H,5-6H2,1-4H3,(H,12,14). The Labute approximate surface area is 103 Å². The van der Waals surface area contributed by atoms with Gasteiger partial charge in [0.2, 0.25) is 15.9 Å². The van der Waals surface area contributed by atoms with Gasteiger partial charge in [0.05, 0.1) is 11.8 Å². The van der Waals surface area contributed by atoms with Crippen molar-refractivity contribution in [2.45, 2.75) is 13.8 Å². The number of sulfonamides is 1. The summed E-state index contributed by atoms with van der Waals surface area (Å²) in [4.78, 5) is 11.5. The second kappa shape index (κ2) is 6.57. The molecular formula is C10H19N3O3S. The van der Waals surface area contributed by atoms with Crippen molar-refractivity contribution >= 4 is 15.9 Å². The van der Waals surface area contributed by atoms with Crippen LogP contribution < -0.4 is 5.32 Å². The van der Waals surface area contributed by atoms with Crippen LogP contribution in [0.4, 0.5) is 0 Å². The molecule has 0 aliphatic heterocycles. The van der Waals surface area contributed by atoms with Crippen molar-refractivity contribution in [3.8, 4) is 6.07 Å². The first-order chi connectivity index (χ1) is 7.72. The largest absolute Gasteiger partial charge is 0.354 e. The molecule has 1 amide bonds. The highest BCUT2D eigenvalue weighted by Gasteiger charge is 2.22. The Morgan fingerprint density at radius 2 is 1.94 bits per heavy atom. The number of carbonyl (C=O) groups excluding carboxylic acids is 1. The zero-order chi connectivity index (χ0) is 13.6. The molecular weight excluding hydrogens is 242 g/mol. The molecule has 0 aromatic rings. The van der Waals surface area contributed by atoms with Gasteiger partial charge in [0.25, 0.3) is 0 Å². The van der Waals surface area contributed by atoms with Gasteiger partial charge in [-0.15, -0.1) is 0 Å². The lowest BCUT2D eigenvalue weighted by molar-refractivity contribution is -0.124. The lowest BCUT2D eigenvalue weighted by atomic mass is 9.97. The minimum atomic E-state index is -3.31. The molecule has 7 heteroatoms. The second-order valence-electron chi connectivity index (χ2n) is 4.24. The minimum Gasteiger partial charge on any atom is -0.354 e. The van der Waals surface area contributed by atoms with Crippen LogP contribution in [-0.2, 0) is 14.8 Å². The maximum absolute atomic E-state index is 11.5. The predicted molar refractivity (Wildman–Crippen MR) is 64.4 cm³/mol. The highest BCUT2D eigenvalue weighted by molar-refractivity contribution is 7.89. The van der Waals surface area contributed by atoms with Gasteiger partial charge in [-0.25, -0.2) is 12.7 Å². The minimum absolute atomic E-state index is 0.0181. The number of amides is 1. The van der Waals surface area contributed by atoms with Crippen molar-refractivity contribution < 1.29 is 13.2 Å². The molecule has 0 bridgehead atoms. The van der Waals surface area contributed by atoms with Crippen molar-refractivity contribution in [1.82, 2.24) is 9.62 Å². The van der Waals surface area contributed by atoms with Crippen LogP contribution in [0.15, 0.2) is 0 Å². The maximum atomic E-state index is 11.5. The first kappa shape index (κ1) is 15.9. The fourth-order valence-corrected chi connectivity index (χ4v) is 1.83. The van der Waals surface area contributed by atoms with Crippen LogP contribution in [0.2, 0.25) is 0 Å². The Bertz CT molecular complexity index is 396. The monoisotopic (exact) mass is 261 g/mol. The van der Waals surface area contributed by atoms with Gasteiger partial charge in [0.15, 0.2) is 0 Å². The lowest BCUT2D eigenvalue weighted by Crippen LogP contribution is -2.37. The van der Waals surface area contributed by atoms with Gasteiger partial charge in [0, 0.05) is 20.6 Å². The molecule has 98 valence electrons. The van der Waals surface area contributed by atoms with Crippen LogP contribution in [0.25, 0.3) is 0 Å².